The number of nitro groups is 1. The first-order valence-corrected chi connectivity index (χ1v) is 6.47. The molecule has 0 aliphatic heterocycles. The molecular formula is C13H19N3O5. The summed E-state index contributed by atoms with van der Waals surface area (Å²) in [6.45, 7) is 2.53. The highest BCUT2D eigenvalue weighted by atomic mass is 16.6. The van der Waals surface area contributed by atoms with Gasteiger partial charge in [0.1, 0.15) is 12.6 Å². The Labute approximate surface area is 122 Å². The van der Waals surface area contributed by atoms with Crippen molar-refractivity contribution >= 4 is 11.6 Å². The topological polar surface area (TPSA) is 117 Å². The van der Waals surface area contributed by atoms with E-state index >= 15 is 0 Å². The Morgan fingerprint density at radius 2 is 2.19 bits per heavy atom. The first-order valence-electron chi connectivity index (χ1n) is 6.47. The molecule has 0 spiro atoms. The normalized spacial score (nSPS) is 11.7. The number of carbonyl (C=O) groups is 1. The molecule has 8 nitrogen and oxygen atoms in total. The Morgan fingerprint density at radius 3 is 2.71 bits per heavy atom. The summed E-state index contributed by atoms with van der Waals surface area (Å²) in [5.41, 5.74) is 5.15. The largest absolute Gasteiger partial charge is 0.493 e. The number of nitrogens with one attached hydrogen (secondary N) is 1. The molecule has 0 heterocycles. The molecule has 0 saturated heterocycles. The number of nitro benzene ring substituents is 1. The standard InChI is InChI=1S/C13H19N3O5/c1-3-6-15-10(13(14)17)8-21-12-7-9(16(18)19)4-5-11(12)20-2/h4-5,7,10,15H,3,6,8H2,1-2H3,(H2,14,17). The van der Waals surface area contributed by atoms with Crippen LogP contribution >= 0.6 is 0 Å². The molecule has 8 heteroatoms. The van der Waals surface area contributed by atoms with Crippen molar-refractivity contribution in [2.75, 3.05) is 20.3 Å². The number of amides is 1. The Balaban J connectivity index is 2.82. The number of benzene rings is 1. The fourth-order valence-electron chi connectivity index (χ4n) is 1.63. The number of methoxy groups -OCH3 is 1. The molecule has 1 unspecified atom stereocenters. The van der Waals surface area contributed by atoms with Crippen LogP contribution in [0.3, 0.4) is 0 Å². The third kappa shape index (κ3) is 4.92. The van der Waals surface area contributed by atoms with Gasteiger partial charge in [0.05, 0.1) is 18.1 Å². The molecule has 0 radical (unpaired) electrons. The lowest BCUT2D eigenvalue weighted by atomic mass is 10.2. The van der Waals surface area contributed by atoms with Crippen LogP contribution in [0.2, 0.25) is 0 Å². The molecule has 0 aromatic heterocycles. The van der Waals surface area contributed by atoms with Gasteiger partial charge in [0.2, 0.25) is 5.91 Å². The first-order chi connectivity index (χ1) is 9.99. The van der Waals surface area contributed by atoms with Gasteiger partial charge in [-0.2, -0.15) is 0 Å². The maximum absolute atomic E-state index is 11.3. The van der Waals surface area contributed by atoms with Crippen molar-refractivity contribution < 1.29 is 19.2 Å². The van der Waals surface area contributed by atoms with Crippen molar-refractivity contribution in [3.63, 3.8) is 0 Å². The van der Waals surface area contributed by atoms with Crippen LogP contribution in [0.15, 0.2) is 18.2 Å². The average molecular weight is 297 g/mol. The maximum atomic E-state index is 11.3. The number of non-ortho nitro benzene ring substituents is 1. The van der Waals surface area contributed by atoms with Gasteiger partial charge in [0.15, 0.2) is 11.5 Å². The molecule has 21 heavy (non-hydrogen) atoms. The van der Waals surface area contributed by atoms with Gasteiger partial charge in [-0.3, -0.25) is 14.9 Å². The summed E-state index contributed by atoms with van der Waals surface area (Å²) in [5, 5.41) is 13.7. The fourth-order valence-corrected chi connectivity index (χ4v) is 1.63. The first kappa shape index (κ1) is 16.7. The zero-order valence-electron chi connectivity index (χ0n) is 12.0. The molecule has 1 aromatic rings. The van der Waals surface area contributed by atoms with Gasteiger partial charge in [-0.05, 0) is 19.0 Å². The van der Waals surface area contributed by atoms with Gasteiger partial charge < -0.3 is 20.5 Å². The van der Waals surface area contributed by atoms with E-state index in [9.17, 15) is 14.9 Å². The minimum atomic E-state index is -0.672. The van der Waals surface area contributed by atoms with Gasteiger partial charge in [-0.25, -0.2) is 0 Å². The highest BCUT2D eigenvalue weighted by molar-refractivity contribution is 5.80. The molecular weight excluding hydrogens is 278 g/mol. The number of carbonyl (C=O) groups excluding carboxylic acids is 1. The van der Waals surface area contributed by atoms with Crippen molar-refractivity contribution in [3.05, 3.63) is 28.3 Å². The van der Waals surface area contributed by atoms with Gasteiger partial charge in [-0.1, -0.05) is 6.92 Å². The van der Waals surface area contributed by atoms with Crippen molar-refractivity contribution in [3.8, 4) is 11.5 Å². The van der Waals surface area contributed by atoms with E-state index in [1.807, 2.05) is 6.92 Å². The van der Waals surface area contributed by atoms with Crippen LogP contribution in [0.4, 0.5) is 5.69 Å². The highest BCUT2D eigenvalue weighted by Crippen LogP contribution is 2.31. The average Bonchev–Trinajstić information content (AvgIpc) is 2.46. The van der Waals surface area contributed by atoms with Gasteiger partial charge in [0.25, 0.3) is 5.69 Å². The van der Waals surface area contributed by atoms with E-state index in [2.05, 4.69) is 5.32 Å². The Hall–Kier alpha value is -2.35. The predicted molar refractivity (Wildman–Crippen MR) is 76.4 cm³/mol. The molecule has 0 aliphatic rings. The molecule has 0 bridgehead atoms. The van der Waals surface area contributed by atoms with Crippen LogP contribution in [0, 0.1) is 10.1 Å². The van der Waals surface area contributed by atoms with E-state index < -0.39 is 16.9 Å². The monoisotopic (exact) mass is 297 g/mol. The number of hydrogen-bond donors (Lipinski definition) is 2. The molecule has 1 rings (SSSR count). The molecule has 0 aliphatic carbocycles. The van der Waals surface area contributed by atoms with Crippen LogP contribution in [-0.2, 0) is 4.79 Å². The summed E-state index contributed by atoms with van der Waals surface area (Å²) in [6, 6.07) is 3.32. The number of nitrogens with zero attached hydrogens (tertiary/aromatic N) is 1. The number of rotatable bonds is 9. The summed E-state index contributed by atoms with van der Waals surface area (Å²) in [6.07, 6.45) is 0.837. The molecule has 0 saturated carbocycles. The van der Waals surface area contributed by atoms with Crippen LogP contribution in [0.25, 0.3) is 0 Å². The predicted octanol–water partition coefficient (Wildman–Crippen LogP) is 0.836. The van der Waals surface area contributed by atoms with Crippen molar-refractivity contribution in [2.24, 2.45) is 5.73 Å². The minimum absolute atomic E-state index is 0.0349. The lowest BCUT2D eigenvalue weighted by Crippen LogP contribution is -2.45. The smallest absolute Gasteiger partial charge is 0.273 e. The Morgan fingerprint density at radius 1 is 1.48 bits per heavy atom. The van der Waals surface area contributed by atoms with E-state index in [0.717, 1.165) is 6.42 Å². The SMILES string of the molecule is CCCNC(COc1cc([N+](=O)[O-])ccc1OC)C(N)=O. The van der Waals surface area contributed by atoms with E-state index in [4.69, 9.17) is 15.2 Å². The maximum Gasteiger partial charge on any atom is 0.273 e. The zero-order valence-corrected chi connectivity index (χ0v) is 12.0. The minimum Gasteiger partial charge on any atom is -0.493 e. The van der Waals surface area contributed by atoms with Crippen LogP contribution in [0.1, 0.15) is 13.3 Å². The van der Waals surface area contributed by atoms with Gasteiger partial charge >= 0.3 is 0 Å². The van der Waals surface area contributed by atoms with E-state index in [1.165, 1.54) is 25.3 Å². The van der Waals surface area contributed by atoms with E-state index in [1.54, 1.807) is 0 Å². The highest BCUT2D eigenvalue weighted by Gasteiger charge is 2.18. The summed E-state index contributed by atoms with van der Waals surface area (Å²) < 4.78 is 10.5. The van der Waals surface area contributed by atoms with E-state index in [-0.39, 0.29) is 18.0 Å². The number of ether oxygens (including phenoxy) is 2. The lowest BCUT2D eigenvalue weighted by Gasteiger charge is -2.17. The molecule has 1 atom stereocenters. The summed E-state index contributed by atoms with van der Waals surface area (Å²) in [5.74, 6) is -0.0107. The molecule has 1 amide bonds. The van der Waals surface area contributed by atoms with Gasteiger partial charge in [0, 0.05) is 6.07 Å². The van der Waals surface area contributed by atoms with Gasteiger partial charge in [-0.15, -0.1) is 0 Å². The van der Waals surface area contributed by atoms with E-state index in [0.29, 0.717) is 12.3 Å². The lowest BCUT2D eigenvalue weighted by molar-refractivity contribution is -0.385. The zero-order chi connectivity index (χ0) is 15.8. The Kier molecular flexibility index (Phi) is 6.41. The summed E-state index contributed by atoms with van der Waals surface area (Å²) >= 11 is 0. The summed E-state index contributed by atoms with van der Waals surface area (Å²) in [7, 11) is 1.43. The molecule has 1 aromatic carbocycles. The molecule has 3 N–H and O–H groups in total. The van der Waals surface area contributed by atoms with Crippen molar-refractivity contribution in [1.82, 2.24) is 5.32 Å². The third-order valence-electron chi connectivity index (χ3n) is 2.75. The number of hydrogen-bond acceptors (Lipinski definition) is 6. The third-order valence-corrected chi connectivity index (χ3v) is 2.75. The Bertz CT molecular complexity index is 507. The second kappa shape index (κ2) is 8.05. The van der Waals surface area contributed by atoms with Crippen LogP contribution in [-0.4, -0.2) is 37.1 Å². The van der Waals surface area contributed by atoms with Crippen LogP contribution in [0.5, 0.6) is 11.5 Å². The summed E-state index contributed by atoms with van der Waals surface area (Å²) in [4.78, 5) is 21.5. The fraction of sp³-hybridized carbons (Fsp3) is 0.462. The van der Waals surface area contributed by atoms with Crippen molar-refractivity contribution in [1.29, 1.82) is 0 Å². The quantitative estimate of drug-likeness (QED) is 0.515. The van der Waals surface area contributed by atoms with Crippen molar-refractivity contribution in [2.45, 2.75) is 19.4 Å². The van der Waals surface area contributed by atoms with Crippen LogP contribution < -0.4 is 20.5 Å². The molecule has 0 fully saturated rings. The number of primary amides is 1. The number of nitrogens with two attached hydrogens (primary N) is 1. The molecule has 116 valence electrons. The second-order valence-electron chi connectivity index (χ2n) is 4.31. The second-order valence-corrected chi connectivity index (χ2v) is 4.31.